The summed E-state index contributed by atoms with van der Waals surface area (Å²) >= 11 is 0. The summed E-state index contributed by atoms with van der Waals surface area (Å²) < 4.78 is 26.7. The van der Waals surface area contributed by atoms with Crippen LogP contribution in [0.1, 0.15) is 23.2 Å². The van der Waals surface area contributed by atoms with Gasteiger partial charge in [-0.3, -0.25) is 0 Å². The number of halogens is 2. The first-order valence-corrected chi connectivity index (χ1v) is 5.77. The highest BCUT2D eigenvalue weighted by atomic mass is 19.1. The second-order valence-electron chi connectivity index (χ2n) is 4.24. The molecule has 1 aliphatic heterocycles. The van der Waals surface area contributed by atoms with E-state index in [9.17, 15) is 18.4 Å². The Hall–Kier alpha value is -2.18. The Bertz CT molecular complexity index is 528. The first kappa shape index (κ1) is 13.3. The number of likely N-dealkylation sites (tertiary alicyclic amines) is 1. The largest absolute Gasteiger partial charge is 0.478 e. The highest BCUT2D eigenvalue weighted by molar-refractivity contribution is 5.93. The monoisotopic (exact) mass is 270 g/mol. The van der Waals surface area contributed by atoms with Gasteiger partial charge in [0.1, 0.15) is 11.6 Å². The summed E-state index contributed by atoms with van der Waals surface area (Å²) in [4.78, 5) is 24.0. The summed E-state index contributed by atoms with van der Waals surface area (Å²) in [6.45, 7) is 1.14. The van der Waals surface area contributed by atoms with E-state index in [1.165, 1.54) is 4.90 Å². The van der Waals surface area contributed by atoms with Crippen LogP contribution in [0.4, 0.5) is 19.3 Å². The number of anilines is 1. The van der Waals surface area contributed by atoms with Crippen LogP contribution in [-0.4, -0.2) is 35.1 Å². The average Bonchev–Trinajstić information content (AvgIpc) is 2.85. The first-order chi connectivity index (χ1) is 8.99. The van der Waals surface area contributed by atoms with E-state index >= 15 is 0 Å². The molecule has 0 saturated carbocycles. The van der Waals surface area contributed by atoms with E-state index in [4.69, 9.17) is 5.11 Å². The highest BCUT2D eigenvalue weighted by Crippen LogP contribution is 2.20. The summed E-state index contributed by atoms with van der Waals surface area (Å²) in [5.41, 5.74) is -1.02. The fraction of sp³-hybridized carbons (Fsp3) is 0.333. The molecule has 1 saturated heterocycles. The lowest BCUT2D eigenvalue weighted by Gasteiger charge is -2.16. The molecule has 1 aliphatic rings. The predicted molar refractivity (Wildman–Crippen MR) is 63.1 cm³/mol. The summed E-state index contributed by atoms with van der Waals surface area (Å²) in [5, 5.41) is 11.0. The molecule has 102 valence electrons. The van der Waals surface area contributed by atoms with Crippen molar-refractivity contribution in [3.63, 3.8) is 0 Å². The van der Waals surface area contributed by atoms with Crippen LogP contribution in [0.2, 0.25) is 0 Å². The average molecular weight is 270 g/mol. The van der Waals surface area contributed by atoms with E-state index in [0.29, 0.717) is 19.2 Å². The molecule has 0 spiro atoms. The second kappa shape index (κ2) is 5.21. The minimum absolute atomic E-state index is 0.337. The van der Waals surface area contributed by atoms with E-state index in [-0.39, 0.29) is 5.69 Å². The lowest BCUT2D eigenvalue weighted by Crippen LogP contribution is -2.32. The van der Waals surface area contributed by atoms with Gasteiger partial charge in [0.15, 0.2) is 0 Å². The summed E-state index contributed by atoms with van der Waals surface area (Å²) in [7, 11) is 0. The molecule has 1 aromatic rings. The number of benzene rings is 1. The van der Waals surface area contributed by atoms with Gasteiger partial charge in [0.2, 0.25) is 0 Å². The van der Waals surface area contributed by atoms with Crippen molar-refractivity contribution in [2.24, 2.45) is 0 Å². The molecule has 19 heavy (non-hydrogen) atoms. The van der Waals surface area contributed by atoms with Gasteiger partial charge in [-0.25, -0.2) is 18.4 Å². The molecule has 0 atom stereocenters. The van der Waals surface area contributed by atoms with Gasteiger partial charge >= 0.3 is 12.0 Å². The third kappa shape index (κ3) is 2.81. The molecule has 2 N–H and O–H groups in total. The Morgan fingerprint density at radius 3 is 2.37 bits per heavy atom. The molecule has 1 aromatic carbocycles. The molecular weight excluding hydrogens is 258 g/mol. The number of amides is 2. The van der Waals surface area contributed by atoms with Gasteiger partial charge in [-0.15, -0.1) is 0 Å². The number of carbonyl (C=O) groups excluding carboxylic acids is 1. The van der Waals surface area contributed by atoms with Crippen LogP contribution in [0.3, 0.4) is 0 Å². The van der Waals surface area contributed by atoms with Gasteiger partial charge in [-0.1, -0.05) is 0 Å². The number of nitrogens with zero attached hydrogens (tertiary/aromatic N) is 1. The molecule has 0 unspecified atom stereocenters. The third-order valence-electron chi connectivity index (χ3n) is 2.92. The Kier molecular flexibility index (Phi) is 3.64. The second-order valence-corrected chi connectivity index (χ2v) is 4.24. The molecule has 1 fully saturated rings. The maximum absolute atomic E-state index is 13.5. The smallest absolute Gasteiger partial charge is 0.338 e. The highest BCUT2D eigenvalue weighted by Gasteiger charge is 2.21. The van der Waals surface area contributed by atoms with E-state index in [1.54, 1.807) is 0 Å². The van der Waals surface area contributed by atoms with Crippen molar-refractivity contribution in [3.8, 4) is 0 Å². The quantitative estimate of drug-likeness (QED) is 0.866. The number of carbonyl (C=O) groups is 2. The number of aromatic carboxylic acids is 1. The number of nitrogens with one attached hydrogen (secondary N) is 1. The molecule has 1 heterocycles. The minimum atomic E-state index is -1.52. The molecule has 0 radical (unpaired) electrons. The lowest BCUT2D eigenvalue weighted by atomic mass is 10.2. The van der Waals surface area contributed by atoms with Gasteiger partial charge in [-0.05, 0) is 18.9 Å². The Morgan fingerprint density at radius 1 is 1.16 bits per heavy atom. The van der Waals surface area contributed by atoms with Gasteiger partial charge in [-0.2, -0.15) is 0 Å². The van der Waals surface area contributed by atoms with Crippen molar-refractivity contribution in [1.82, 2.24) is 4.90 Å². The van der Waals surface area contributed by atoms with Crippen LogP contribution < -0.4 is 5.32 Å². The molecule has 0 aliphatic carbocycles. The van der Waals surface area contributed by atoms with Gasteiger partial charge in [0, 0.05) is 19.2 Å². The summed E-state index contributed by atoms with van der Waals surface area (Å²) in [5.74, 6) is -3.70. The summed E-state index contributed by atoms with van der Waals surface area (Å²) in [6.07, 6.45) is 1.75. The molecule has 0 bridgehead atoms. The predicted octanol–water partition coefficient (Wildman–Crippen LogP) is 2.29. The number of carboxylic acids is 1. The molecule has 2 amide bonds. The topological polar surface area (TPSA) is 69.6 Å². The van der Waals surface area contributed by atoms with Gasteiger partial charge in [0.05, 0.1) is 11.3 Å². The van der Waals surface area contributed by atoms with Crippen molar-refractivity contribution >= 4 is 17.7 Å². The zero-order valence-electron chi connectivity index (χ0n) is 9.95. The normalized spacial score (nSPS) is 14.5. The lowest BCUT2D eigenvalue weighted by molar-refractivity contribution is 0.0692. The molecule has 2 rings (SSSR count). The number of rotatable bonds is 2. The zero-order valence-corrected chi connectivity index (χ0v) is 9.95. The van der Waals surface area contributed by atoms with Gasteiger partial charge in [0.25, 0.3) is 0 Å². The van der Waals surface area contributed by atoms with Crippen LogP contribution >= 0.6 is 0 Å². The zero-order chi connectivity index (χ0) is 14.0. The van der Waals surface area contributed by atoms with Crippen LogP contribution in [0, 0.1) is 11.6 Å². The van der Waals surface area contributed by atoms with Crippen molar-refractivity contribution in [2.45, 2.75) is 12.8 Å². The van der Waals surface area contributed by atoms with Crippen molar-refractivity contribution in [2.75, 3.05) is 18.4 Å². The van der Waals surface area contributed by atoms with Gasteiger partial charge < -0.3 is 15.3 Å². The first-order valence-electron chi connectivity index (χ1n) is 5.77. The maximum atomic E-state index is 13.5. The fourth-order valence-corrected chi connectivity index (χ4v) is 1.92. The fourth-order valence-electron chi connectivity index (χ4n) is 1.92. The number of hydrogen-bond donors (Lipinski definition) is 2. The minimum Gasteiger partial charge on any atom is -0.478 e. The number of carboxylic acid groups (broad SMARTS) is 1. The van der Waals surface area contributed by atoms with Crippen LogP contribution in [0.15, 0.2) is 12.1 Å². The molecule has 0 aromatic heterocycles. The SMILES string of the molecule is O=C(O)c1cc(NC(=O)N2CCCC2)c(F)cc1F. The van der Waals surface area contributed by atoms with E-state index in [2.05, 4.69) is 5.32 Å². The van der Waals surface area contributed by atoms with Crippen molar-refractivity contribution < 1.29 is 23.5 Å². The number of urea groups is 1. The van der Waals surface area contributed by atoms with E-state index in [0.717, 1.165) is 18.9 Å². The third-order valence-corrected chi connectivity index (χ3v) is 2.92. The Morgan fingerprint density at radius 2 is 1.79 bits per heavy atom. The van der Waals surface area contributed by atoms with Crippen molar-refractivity contribution in [3.05, 3.63) is 29.3 Å². The van der Waals surface area contributed by atoms with E-state index < -0.39 is 29.2 Å². The van der Waals surface area contributed by atoms with Crippen molar-refractivity contribution in [1.29, 1.82) is 0 Å². The van der Waals surface area contributed by atoms with Crippen LogP contribution in [0.5, 0.6) is 0 Å². The molecule has 5 nitrogen and oxygen atoms in total. The van der Waals surface area contributed by atoms with Crippen LogP contribution in [-0.2, 0) is 0 Å². The standard InChI is InChI=1S/C12H12F2N2O3/c13-8-6-9(14)10(5-7(8)11(17)18)15-12(19)16-3-1-2-4-16/h5-6H,1-4H2,(H,15,19)(H,17,18). The van der Waals surface area contributed by atoms with Crippen LogP contribution in [0.25, 0.3) is 0 Å². The molecule has 7 heteroatoms. The Balaban J connectivity index is 2.21. The summed E-state index contributed by atoms with van der Waals surface area (Å²) in [6, 6.07) is 0.712. The number of hydrogen-bond acceptors (Lipinski definition) is 2. The molecular formula is C12H12F2N2O3. The Labute approximate surface area is 107 Å². The maximum Gasteiger partial charge on any atom is 0.338 e. The van der Waals surface area contributed by atoms with E-state index in [1.807, 2.05) is 0 Å².